The van der Waals surface area contributed by atoms with E-state index in [1.54, 1.807) is 7.11 Å². The first-order valence-electron chi connectivity index (χ1n) is 5.10. The van der Waals surface area contributed by atoms with Crippen molar-refractivity contribution in [1.29, 1.82) is 0 Å². The number of ether oxygens (including phenoxy) is 1. The summed E-state index contributed by atoms with van der Waals surface area (Å²) in [4.78, 5) is 3.99. The zero-order valence-corrected chi connectivity index (χ0v) is 8.52. The average Bonchev–Trinajstić information content (AvgIpc) is 2.61. The zero-order valence-electron chi connectivity index (χ0n) is 8.52. The van der Waals surface area contributed by atoms with Gasteiger partial charge in [-0.15, -0.1) is 0 Å². The van der Waals surface area contributed by atoms with Gasteiger partial charge >= 0.3 is 0 Å². The van der Waals surface area contributed by atoms with E-state index in [4.69, 9.17) is 4.74 Å². The Morgan fingerprint density at radius 2 is 2.43 bits per heavy atom. The largest absolute Gasteiger partial charge is 0.381 e. The third kappa shape index (κ3) is 2.33. The molecule has 4 nitrogen and oxygen atoms in total. The summed E-state index contributed by atoms with van der Waals surface area (Å²) in [5.74, 6) is 0. The fourth-order valence-electron chi connectivity index (χ4n) is 1.74. The first-order valence-corrected chi connectivity index (χ1v) is 5.10. The van der Waals surface area contributed by atoms with E-state index < -0.39 is 0 Å². The van der Waals surface area contributed by atoms with Crippen molar-refractivity contribution in [2.24, 2.45) is 0 Å². The fourth-order valence-corrected chi connectivity index (χ4v) is 1.74. The Balaban J connectivity index is 1.56. The van der Waals surface area contributed by atoms with Gasteiger partial charge in [-0.2, -0.15) is 0 Å². The van der Waals surface area contributed by atoms with Crippen LogP contribution in [0.2, 0.25) is 0 Å². The van der Waals surface area contributed by atoms with Crippen molar-refractivity contribution >= 4 is 0 Å². The van der Waals surface area contributed by atoms with E-state index in [0.29, 0.717) is 12.1 Å². The lowest BCUT2D eigenvalue weighted by atomic mass is 9.89. The van der Waals surface area contributed by atoms with E-state index in [-0.39, 0.29) is 0 Å². The molecule has 0 atom stereocenters. The van der Waals surface area contributed by atoms with Crippen LogP contribution in [0.3, 0.4) is 0 Å². The van der Waals surface area contributed by atoms with E-state index in [1.807, 2.05) is 18.7 Å². The molecule has 0 unspecified atom stereocenters. The molecular formula is C10H17N3O. The van der Waals surface area contributed by atoms with Crippen molar-refractivity contribution in [3.63, 3.8) is 0 Å². The van der Waals surface area contributed by atoms with Gasteiger partial charge in [0.05, 0.1) is 12.4 Å². The normalized spacial score (nSPS) is 26.1. The number of hydrogen-bond acceptors (Lipinski definition) is 3. The van der Waals surface area contributed by atoms with Crippen molar-refractivity contribution in [1.82, 2.24) is 14.9 Å². The molecule has 0 amide bonds. The third-order valence-corrected chi connectivity index (χ3v) is 2.79. The quantitative estimate of drug-likeness (QED) is 0.749. The van der Waals surface area contributed by atoms with Gasteiger partial charge in [-0.05, 0) is 12.8 Å². The minimum atomic E-state index is 0.487. The van der Waals surface area contributed by atoms with Gasteiger partial charge in [-0.1, -0.05) is 0 Å². The van der Waals surface area contributed by atoms with Gasteiger partial charge in [0.2, 0.25) is 0 Å². The Morgan fingerprint density at radius 1 is 1.57 bits per heavy atom. The topological polar surface area (TPSA) is 39.1 Å². The Morgan fingerprint density at radius 3 is 3.07 bits per heavy atom. The predicted octanol–water partition coefficient (Wildman–Crippen LogP) is 0.650. The minimum absolute atomic E-state index is 0.487. The Kier molecular flexibility index (Phi) is 3.16. The van der Waals surface area contributed by atoms with Gasteiger partial charge in [-0.3, -0.25) is 0 Å². The van der Waals surface area contributed by atoms with E-state index in [2.05, 4.69) is 14.9 Å². The summed E-state index contributed by atoms with van der Waals surface area (Å²) in [7, 11) is 1.78. The maximum atomic E-state index is 5.21. The van der Waals surface area contributed by atoms with Crippen LogP contribution in [-0.4, -0.2) is 35.4 Å². The molecule has 1 aliphatic rings. The van der Waals surface area contributed by atoms with Crippen molar-refractivity contribution in [2.45, 2.75) is 31.5 Å². The summed E-state index contributed by atoms with van der Waals surface area (Å²) >= 11 is 0. The van der Waals surface area contributed by atoms with Crippen LogP contribution in [0.25, 0.3) is 0 Å². The average molecular weight is 195 g/mol. The van der Waals surface area contributed by atoms with Crippen molar-refractivity contribution in [3.05, 3.63) is 18.7 Å². The highest BCUT2D eigenvalue weighted by molar-refractivity contribution is 4.85. The summed E-state index contributed by atoms with van der Waals surface area (Å²) in [6.45, 7) is 2.01. The van der Waals surface area contributed by atoms with Gasteiger partial charge < -0.3 is 14.6 Å². The van der Waals surface area contributed by atoms with Crippen molar-refractivity contribution in [2.75, 3.05) is 13.7 Å². The lowest BCUT2D eigenvalue weighted by molar-refractivity contribution is 0.0174. The SMILES string of the molecule is COC1CC(NCCn2ccnc2)C1. The molecule has 1 saturated carbocycles. The van der Waals surface area contributed by atoms with Crippen LogP contribution in [-0.2, 0) is 11.3 Å². The second-order valence-corrected chi connectivity index (χ2v) is 3.78. The summed E-state index contributed by atoms with van der Waals surface area (Å²) in [6, 6.07) is 0.656. The highest BCUT2D eigenvalue weighted by Crippen LogP contribution is 2.21. The minimum Gasteiger partial charge on any atom is -0.381 e. The van der Waals surface area contributed by atoms with E-state index in [0.717, 1.165) is 25.9 Å². The summed E-state index contributed by atoms with van der Waals surface area (Å²) < 4.78 is 7.30. The van der Waals surface area contributed by atoms with Gasteiger partial charge in [0.25, 0.3) is 0 Å². The molecule has 0 bridgehead atoms. The maximum Gasteiger partial charge on any atom is 0.0946 e. The van der Waals surface area contributed by atoms with Crippen LogP contribution >= 0.6 is 0 Å². The number of imidazole rings is 1. The highest BCUT2D eigenvalue weighted by Gasteiger charge is 2.27. The lowest BCUT2D eigenvalue weighted by Gasteiger charge is -2.34. The monoisotopic (exact) mass is 195 g/mol. The molecule has 14 heavy (non-hydrogen) atoms. The molecule has 1 N–H and O–H groups in total. The molecule has 1 fully saturated rings. The Labute approximate surface area is 84.3 Å². The van der Waals surface area contributed by atoms with Gasteiger partial charge in [0.1, 0.15) is 0 Å². The molecule has 0 aliphatic heterocycles. The molecule has 2 rings (SSSR count). The number of rotatable bonds is 5. The number of hydrogen-bond donors (Lipinski definition) is 1. The Bertz CT molecular complexity index is 254. The molecule has 1 heterocycles. The smallest absolute Gasteiger partial charge is 0.0946 e. The zero-order chi connectivity index (χ0) is 9.80. The number of aromatic nitrogens is 2. The maximum absolute atomic E-state index is 5.21. The number of nitrogens with one attached hydrogen (secondary N) is 1. The summed E-state index contributed by atoms with van der Waals surface area (Å²) in [5.41, 5.74) is 0. The van der Waals surface area contributed by atoms with Gasteiger partial charge in [0.15, 0.2) is 0 Å². The summed E-state index contributed by atoms with van der Waals surface area (Å²) in [6.07, 6.45) is 8.44. The predicted molar refractivity (Wildman–Crippen MR) is 54.0 cm³/mol. The second-order valence-electron chi connectivity index (χ2n) is 3.78. The molecule has 0 saturated heterocycles. The van der Waals surface area contributed by atoms with Crippen LogP contribution in [0.1, 0.15) is 12.8 Å². The fraction of sp³-hybridized carbons (Fsp3) is 0.700. The highest BCUT2D eigenvalue weighted by atomic mass is 16.5. The van der Waals surface area contributed by atoms with Gasteiger partial charge in [-0.25, -0.2) is 4.98 Å². The molecule has 4 heteroatoms. The number of methoxy groups -OCH3 is 1. The standard InChI is InChI=1S/C10H17N3O/c1-14-10-6-9(7-10)12-3-5-13-4-2-11-8-13/h2,4,8-10,12H,3,5-7H2,1H3. The number of nitrogens with zero attached hydrogens (tertiary/aromatic N) is 2. The lowest BCUT2D eigenvalue weighted by Crippen LogP contribution is -2.45. The van der Waals surface area contributed by atoms with E-state index in [9.17, 15) is 0 Å². The van der Waals surface area contributed by atoms with Crippen LogP contribution in [0.15, 0.2) is 18.7 Å². The molecule has 1 aromatic rings. The molecule has 0 spiro atoms. The first kappa shape index (κ1) is 9.68. The second kappa shape index (κ2) is 4.57. The van der Waals surface area contributed by atoms with Gasteiger partial charge in [0, 0.05) is 38.6 Å². The van der Waals surface area contributed by atoms with E-state index in [1.165, 1.54) is 0 Å². The first-order chi connectivity index (χ1) is 6.88. The third-order valence-electron chi connectivity index (χ3n) is 2.79. The van der Waals surface area contributed by atoms with E-state index >= 15 is 0 Å². The van der Waals surface area contributed by atoms with Crippen LogP contribution < -0.4 is 5.32 Å². The molecule has 0 radical (unpaired) electrons. The van der Waals surface area contributed by atoms with Crippen LogP contribution in [0.4, 0.5) is 0 Å². The van der Waals surface area contributed by atoms with Crippen LogP contribution in [0.5, 0.6) is 0 Å². The molecular weight excluding hydrogens is 178 g/mol. The van der Waals surface area contributed by atoms with Crippen molar-refractivity contribution < 1.29 is 4.74 Å². The Hall–Kier alpha value is -0.870. The van der Waals surface area contributed by atoms with Crippen molar-refractivity contribution in [3.8, 4) is 0 Å². The summed E-state index contributed by atoms with van der Waals surface area (Å²) in [5, 5.41) is 3.49. The molecule has 0 aromatic carbocycles. The molecule has 78 valence electrons. The van der Waals surface area contributed by atoms with Crippen LogP contribution in [0, 0.1) is 0 Å². The molecule has 1 aliphatic carbocycles. The molecule has 1 aromatic heterocycles.